The van der Waals surface area contributed by atoms with Gasteiger partial charge < -0.3 is 19.7 Å². The lowest BCUT2D eigenvalue weighted by Crippen LogP contribution is -2.64. The van der Waals surface area contributed by atoms with E-state index in [0.717, 1.165) is 0 Å². The van der Waals surface area contributed by atoms with Gasteiger partial charge in [-0.05, 0) is 62.7 Å². The maximum Gasteiger partial charge on any atom is 0.193 e. The van der Waals surface area contributed by atoms with Gasteiger partial charge >= 0.3 is 0 Å². The summed E-state index contributed by atoms with van der Waals surface area (Å²) in [4.78, 5) is 25.1. The number of hydrogen-bond acceptors (Lipinski definition) is 6. The number of allylic oxidation sites excluding steroid dienone is 4. The van der Waals surface area contributed by atoms with E-state index >= 15 is 4.39 Å². The number of halogens is 1. The number of aliphatic hydroxyl groups is 2. The highest BCUT2D eigenvalue weighted by atomic mass is 19.1. The molecule has 1 saturated heterocycles. The highest BCUT2D eigenvalue weighted by Crippen LogP contribution is 2.70. The number of alkyl halides is 1. The Morgan fingerprint density at radius 2 is 1.97 bits per heavy atom. The Bertz CT molecular complexity index is 910. The fourth-order valence-electron chi connectivity index (χ4n) is 8.05. The van der Waals surface area contributed by atoms with Crippen LogP contribution in [0.25, 0.3) is 0 Å². The summed E-state index contributed by atoms with van der Waals surface area (Å²) in [5, 5.41) is 21.3. The van der Waals surface area contributed by atoms with Gasteiger partial charge in [0.2, 0.25) is 0 Å². The molecule has 0 bridgehead atoms. The van der Waals surface area contributed by atoms with Gasteiger partial charge in [-0.3, -0.25) is 9.59 Å². The molecule has 4 fully saturated rings. The zero-order valence-corrected chi connectivity index (χ0v) is 18.4. The Morgan fingerprint density at radius 1 is 1.26 bits per heavy atom. The van der Waals surface area contributed by atoms with Gasteiger partial charge in [0.15, 0.2) is 23.0 Å². The number of ketones is 2. The molecule has 2 N–H and O–H groups in total. The number of carbonyl (C=O) groups is 2. The second-order valence-electron chi connectivity index (χ2n) is 11.0. The monoisotopic (exact) mass is 434 g/mol. The molecule has 0 amide bonds. The molecule has 170 valence electrons. The van der Waals surface area contributed by atoms with Crippen LogP contribution in [0, 0.1) is 28.6 Å². The number of Topliss-reactive ketones (excluding diaryl/α,β-unsaturated/α-hetero) is 1. The van der Waals surface area contributed by atoms with Crippen LogP contribution >= 0.6 is 0 Å². The highest BCUT2D eigenvalue weighted by molar-refractivity contribution is 6.01. The lowest BCUT2D eigenvalue weighted by Gasteiger charge is -2.60. The summed E-state index contributed by atoms with van der Waals surface area (Å²) in [6.07, 6.45) is 2.90. The summed E-state index contributed by atoms with van der Waals surface area (Å²) in [7, 11) is 0. The van der Waals surface area contributed by atoms with E-state index < -0.39 is 53.0 Å². The normalized spacial score (nSPS) is 52.1. The molecule has 7 heteroatoms. The SMILES string of the molecule is CC1(C)O[C@@H]2C[C@H]3C4C[C@H](F)C5=CC(=O)C=C[C@]5(C)[C@H]4[C@@H](O)C[C@]3(C)[C@]2(C(=O)CO)O1. The van der Waals surface area contributed by atoms with E-state index in [9.17, 15) is 19.8 Å². The van der Waals surface area contributed by atoms with Gasteiger partial charge in [0, 0.05) is 16.7 Å². The van der Waals surface area contributed by atoms with Gasteiger partial charge in [-0.1, -0.05) is 19.9 Å². The van der Waals surface area contributed by atoms with Crippen molar-refractivity contribution >= 4 is 11.6 Å². The predicted octanol–water partition coefficient (Wildman–Crippen LogP) is 2.27. The molecule has 0 aromatic heterocycles. The smallest absolute Gasteiger partial charge is 0.193 e. The predicted molar refractivity (Wildman–Crippen MR) is 109 cm³/mol. The van der Waals surface area contributed by atoms with Crippen molar-refractivity contribution in [3.8, 4) is 0 Å². The third kappa shape index (κ3) is 2.52. The van der Waals surface area contributed by atoms with Crippen LogP contribution in [-0.2, 0) is 19.1 Å². The maximum absolute atomic E-state index is 15.4. The molecule has 0 aromatic carbocycles. The topological polar surface area (TPSA) is 93.1 Å². The molecule has 1 aliphatic heterocycles. The summed E-state index contributed by atoms with van der Waals surface area (Å²) >= 11 is 0. The van der Waals surface area contributed by atoms with E-state index in [1.165, 1.54) is 12.2 Å². The molecule has 9 atom stereocenters. The number of aliphatic hydroxyl groups excluding tert-OH is 2. The average molecular weight is 435 g/mol. The molecule has 31 heavy (non-hydrogen) atoms. The molecule has 6 nitrogen and oxygen atoms in total. The zero-order chi connectivity index (χ0) is 22.6. The number of hydrogen-bond donors (Lipinski definition) is 2. The Morgan fingerprint density at radius 3 is 2.65 bits per heavy atom. The summed E-state index contributed by atoms with van der Waals surface area (Å²) in [5.74, 6) is -2.28. The standard InChI is InChI=1S/C24H31FO6/c1-21(2)30-19-9-14-13-8-16(25)15-7-12(27)5-6-22(15,3)20(13)17(28)10-23(14,4)24(19,31-21)18(29)11-26/h5-7,13-14,16-17,19-20,26,28H,8-11H2,1-4H3/t13?,14-,16-,17-,19+,20+,22-,23-,24+/m0/s1. The number of ether oxygens (including phenoxy) is 2. The van der Waals surface area contributed by atoms with Gasteiger partial charge in [-0.15, -0.1) is 0 Å². The van der Waals surface area contributed by atoms with Crippen molar-refractivity contribution in [3.05, 3.63) is 23.8 Å². The van der Waals surface area contributed by atoms with Crippen molar-refractivity contribution in [2.45, 2.75) is 76.7 Å². The molecule has 0 spiro atoms. The van der Waals surface area contributed by atoms with Crippen LogP contribution in [0.15, 0.2) is 23.8 Å². The Hall–Kier alpha value is -1.41. The van der Waals surface area contributed by atoms with Gasteiger partial charge in [-0.2, -0.15) is 0 Å². The first kappa shape index (κ1) is 21.4. The van der Waals surface area contributed by atoms with E-state index in [0.29, 0.717) is 12.0 Å². The minimum absolute atomic E-state index is 0.125. The first-order chi connectivity index (χ1) is 14.4. The summed E-state index contributed by atoms with van der Waals surface area (Å²) < 4.78 is 27.9. The van der Waals surface area contributed by atoms with Gasteiger partial charge in [-0.25, -0.2) is 4.39 Å². The minimum Gasteiger partial charge on any atom is -0.393 e. The first-order valence-electron chi connectivity index (χ1n) is 11.2. The third-order valence-corrected chi connectivity index (χ3v) is 9.03. The second kappa shape index (κ2) is 6.34. The molecule has 3 saturated carbocycles. The van der Waals surface area contributed by atoms with Crippen molar-refractivity contribution in [3.63, 3.8) is 0 Å². The van der Waals surface area contributed by atoms with E-state index in [-0.39, 0.29) is 36.4 Å². The molecule has 5 aliphatic rings. The fraction of sp³-hybridized carbons (Fsp3) is 0.750. The van der Waals surface area contributed by atoms with Crippen molar-refractivity contribution in [1.82, 2.24) is 0 Å². The number of carbonyl (C=O) groups excluding carboxylic acids is 2. The lowest BCUT2D eigenvalue weighted by molar-refractivity contribution is -0.226. The lowest BCUT2D eigenvalue weighted by atomic mass is 9.46. The van der Waals surface area contributed by atoms with Crippen LogP contribution in [0.3, 0.4) is 0 Å². The first-order valence-corrected chi connectivity index (χ1v) is 11.2. The third-order valence-electron chi connectivity index (χ3n) is 9.03. The molecule has 1 unspecified atom stereocenters. The van der Waals surface area contributed by atoms with Crippen LogP contribution in [-0.4, -0.2) is 58.2 Å². The molecule has 0 aromatic rings. The quantitative estimate of drug-likeness (QED) is 0.693. The van der Waals surface area contributed by atoms with Gasteiger partial charge in [0.1, 0.15) is 12.8 Å². The number of rotatable bonds is 2. The second-order valence-corrected chi connectivity index (χ2v) is 11.0. The summed E-state index contributed by atoms with van der Waals surface area (Å²) in [5.41, 5.74) is -2.50. The molecular formula is C24H31FO6. The van der Waals surface area contributed by atoms with Gasteiger partial charge in [0.05, 0.1) is 12.2 Å². The fourth-order valence-corrected chi connectivity index (χ4v) is 8.05. The molecule has 5 rings (SSSR count). The van der Waals surface area contributed by atoms with Crippen molar-refractivity contribution < 1.29 is 33.7 Å². The molecule has 0 radical (unpaired) electrons. The largest absolute Gasteiger partial charge is 0.393 e. The van der Waals surface area contributed by atoms with E-state index in [1.54, 1.807) is 19.9 Å². The minimum atomic E-state index is -1.37. The van der Waals surface area contributed by atoms with Crippen LogP contribution < -0.4 is 0 Å². The van der Waals surface area contributed by atoms with E-state index in [1.807, 2.05) is 13.8 Å². The molecular weight excluding hydrogens is 403 g/mol. The van der Waals surface area contributed by atoms with Crippen LogP contribution in [0.5, 0.6) is 0 Å². The summed E-state index contributed by atoms with van der Waals surface area (Å²) in [6, 6.07) is 0. The molecule has 1 heterocycles. The maximum atomic E-state index is 15.4. The van der Waals surface area contributed by atoms with Gasteiger partial charge in [0.25, 0.3) is 0 Å². The van der Waals surface area contributed by atoms with E-state index in [2.05, 4.69) is 0 Å². The zero-order valence-electron chi connectivity index (χ0n) is 18.4. The van der Waals surface area contributed by atoms with Crippen LogP contribution in [0.2, 0.25) is 0 Å². The highest BCUT2D eigenvalue weighted by Gasteiger charge is 2.77. The summed E-state index contributed by atoms with van der Waals surface area (Å²) in [6.45, 7) is 6.65. The van der Waals surface area contributed by atoms with Crippen LogP contribution in [0.4, 0.5) is 4.39 Å². The Kier molecular flexibility index (Phi) is 4.38. The van der Waals surface area contributed by atoms with Crippen LogP contribution in [0.1, 0.15) is 47.0 Å². The van der Waals surface area contributed by atoms with Crippen molar-refractivity contribution in [1.29, 1.82) is 0 Å². The Balaban J connectivity index is 1.62. The molecule has 4 aliphatic carbocycles. The van der Waals surface area contributed by atoms with Crippen molar-refractivity contribution in [2.24, 2.45) is 28.6 Å². The van der Waals surface area contributed by atoms with Crippen molar-refractivity contribution in [2.75, 3.05) is 6.61 Å². The number of fused-ring (bicyclic) bond motifs is 7. The van der Waals surface area contributed by atoms with E-state index in [4.69, 9.17) is 9.47 Å². The average Bonchev–Trinajstić information content (AvgIpc) is 3.08. The Labute approximate surface area is 181 Å².